The highest BCUT2D eigenvalue weighted by atomic mass is 16.8. The predicted molar refractivity (Wildman–Crippen MR) is 57.6 cm³/mol. The Kier molecular flexibility index (Phi) is 6.76. The summed E-state index contributed by atoms with van der Waals surface area (Å²) in [4.78, 5) is 15.3. The van der Waals surface area contributed by atoms with Crippen molar-refractivity contribution in [1.82, 2.24) is 5.43 Å². The van der Waals surface area contributed by atoms with Gasteiger partial charge >= 0.3 is 6.16 Å². The SMILES string of the molecule is CCOC(=O)OCO/N=[N+](\[O-])NCC(C)(C)C. The van der Waals surface area contributed by atoms with Crippen LogP contribution in [0.1, 0.15) is 27.7 Å². The Labute approximate surface area is 100 Å². The Morgan fingerprint density at radius 2 is 2.06 bits per heavy atom. The Morgan fingerprint density at radius 3 is 2.59 bits per heavy atom. The van der Waals surface area contributed by atoms with Crippen molar-refractivity contribution in [2.45, 2.75) is 27.7 Å². The molecule has 0 bridgehead atoms. The summed E-state index contributed by atoms with van der Waals surface area (Å²) in [5.74, 6) is 0. The average Bonchev–Trinajstić information content (AvgIpc) is 2.21. The Morgan fingerprint density at radius 1 is 1.41 bits per heavy atom. The number of carbonyl (C=O) groups excluding carboxylic acids is 1. The lowest BCUT2D eigenvalue weighted by molar-refractivity contribution is -0.617. The molecule has 0 aliphatic heterocycles. The smallest absolute Gasteiger partial charge is 0.511 e. The van der Waals surface area contributed by atoms with Crippen LogP contribution in [-0.4, -0.2) is 31.1 Å². The molecule has 100 valence electrons. The normalized spacial score (nSPS) is 11.9. The molecule has 0 aromatic rings. The van der Waals surface area contributed by atoms with Crippen LogP contribution < -0.4 is 5.43 Å². The van der Waals surface area contributed by atoms with Crippen molar-refractivity contribution in [1.29, 1.82) is 0 Å². The van der Waals surface area contributed by atoms with E-state index in [9.17, 15) is 10.0 Å². The molecule has 0 aromatic heterocycles. The number of nitrogens with zero attached hydrogens (tertiary/aromatic N) is 2. The molecule has 0 fully saturated rings. The van der Waals surface area contributed by atoms with Gasteiger partial charge < -0.3 is 19.5 Å². The van der Waals surface area contributed by atoms with E-state index in [-0.39, 0.29) is 17.0 Å². The van der Waals surface area contributed by atoms with Gasteiger partial charge in [0.1, 0.15) is 0 Å². The molecule has 0 aliphatic carbocycles. The van der Waals surface area contributed by atoms with Crippen molar-refractivity contribution < 1.29 is 24.1 Å². The Hall–Kier alpha value is -1.73. The molecular weight excluding hydrogens is 230 g/mol. The maximum atomic E-state index is 11.0. The third-order valence-electron chi connectivity index (χ3n) is 1.37. The standard InChI is InChI=1S/C9H19N3O5/c1-5-15-8(13)16-7-17-11-12(14)10-6-9(2,3)4/h5-7H2,1-4H3,(H,10,11). The Bertz CT molecular complexity index is 262. The first-order chi connectivity index (χ1) is 7.85. The quantitative estimate of drug-likeness (QED) is 0.192. The first-order valence-electron chi connectivity index (χ1n) is 5.18. The highest BCUT2D eigenvalue weighted by Crippen LogP contribution is 2.09. The van der Waals surface area contributed by atoms with Crippen molar-refractivity contribution in [3.8, 4) is 0 Å². The molecule has 0 saturated carbocycles. The van der Waals surface area contributed by atoms with E-state index < -0.39 is 12.9 Å². The van der Waals surface area contributed by atoms with Crippen LogP contribution in [0.15, 0.2) is 5.28 Å². The minimum Gasteiger partial charge on any atom is -0.569 e. The summed E-state index contributed by atoms with van der Waals surface area (Å²) in [6, 6.07) is 0. The molecule has 0 radical (unpaired) electrons. The fraction of sp³-hybridized carbons (Fsp3) is 0.889. The van der Waals surface area contributed by atoms with Gasteiger partial charge in [-0.15, -0.1) is 0 Å². The van der Waals surface area contributed by atoms with Crippen LogP contribution in [0.3, 0.4) is 0 Å². The summed E-state index contributed by atoms with van der Waals surface area (Å²) in [6.45, 7) is 7.67. The van der Waals surface area contributed by atoms with E-state index in [4.69, 9.17) is 0 Å². The molecule has 0 heterocycles. The lowest BCUT2D eigenvalue weighted by atomic mass is 9.98. The van der Waals surface area contributed by atoms with Crippen molar-refractivity contribution in [2.24, 2.45) is 10.7 Å². The molecule has 0 unspecified atom stereocenters. The first-order valence-corrected chi connectivity index (χ1v) is 5.18. The van der Waals surface area contributed by atoms with Gasteiger partial charge in [0.15, 0.2) is 0 Å². The second-order valence-corrected chi connectivity index (χ2v) is 4.32. The lowest BCUT2D eigenvalue weighted by Gasteiger charge is -2.15. The predicted octanol–water partition coefficient (Wildman–Crippen LogP) is 1.56. The van der Waals surface area contributed by atoms with Crippen molar-refractivity contribution in [3.63, 3.8) is 0 Å². The van der Waals surface area contributed by atoms with Gasteiger partial charge in [0.2, 0.25) is 5.28 Å². The molecule has 8 heteroatoms. The minimum absolute atomic E-state index is 0.0559. The van der Waals surface area contributed by atoms with Crippen molar-refractivity contribution in [2.75, 3.05) is 19.9 Å². The molecule has 0 aliphatic rings. The second kappa shape index (κ2) is 7.53. The molecule has 17 heavy (non-hydrogen) atoms. The highest BCUT2D eigenvalue weighted by Gasteiger charge is 2.12. The van der Waals surface area contributed by atoms with Gasteiger partial charge in [0.25, 0.3) is 6.79 Å². The summed E-state index contributed by atoms with van der Waals surface area (Å²) in [7, 11) is 0. The van der Waals surface area contributed by atoms with E-state index in [1.165, 1.54) is 0 Å². The van der Waals surface area contributed by atoms with Crippen LogP contribution in [0.5, 0.6) is 0 Å². The maximum absolute atomic E-state index is 11.0. The van der Waals surface area contributed by atoms with Gasteiger partial charge in [-0.05, 0) is 12.3 Å². The zero-order chi connectivity index (χ0) is 13.3. The van der Waals surface area contributed by atoms with Crippen LogP contribution in [0.2, 0.25) is 0 Å². The molecule has 0 saturated heterocycles. The summed E-state index contributed by atoms with van der Waals surface area (Å²) < 4.78 is 8.86. The fourth-order valence-corrected chi connectivity index (χ4v) is 0.644. The molecule has 0 amide bonds. The fourth-order valence-electron chi connectivity index (χ4n) is 0.644. The van der Waals surface area contributed by atoms with Gasteiger partial charge in [-0.1, -0.05) is 20.8 Å². The summed E-state index contributed by atoms with van der Waals surface area (Å²) >= 11 is 0. The number of ether oxygens (including phenoxy) is 2. The molecule has 0 rings (SSSR count). The third kappa shape index (κ3) is 10.6. The number of hydrazine groups is 1. The third-order valence-corrected chi connectivity index (χ3v) is 1.37. The summed E-state index contributed by atoms with van der Waals surface area (Å²) in [5, 5.41) is 14.1. The van der Waals surface area contributed by atoms with Gasteiger partial charge in [-0.2, -0.15) is 5.43 Å². The number of rotatable bonds is 6. The molecule has 1 N–H and O–H groups in total. The zero-order valence-corrected chi connectivity index (χ0v) is 10.6. The van der Waals surface area contributed by atoms with E-state index in [1.807, 2.05) is 20.8 Å². The molecule has 8 nitrogen and oxygen atoms in total. The largest absolute Gasteiger partial charge is 0.569 e. The van der Waals surface area contributed by atoms with Crippen LogP contribution in [0.4, 0.5) is 4.79 Å². The highest BCUT2D eigenvalue weighted by molar-refractivity contribution is 5.59. The van der Waals surface area contributed by atoms with Crippen LogP contribution >= 0.6 is 0 Å². The monoisotopic (exact) mass is 249 g/mol. The molecule has 0 aromatic carbocycles. The molecule has 0 spiro atoms. The van der Waals surface area contributed by atoms with E-state index in [0.717, 1.165) is 0 Å². The average molecular weight is 249 g/mol. The van der Waals surface area contributed by atoms with Gasteiger partial charge in [-0.3, -0.25) is 0 Å². The van der Waals surface area contributed by atoms with Crippen molar-refractivity contribution >= 4 is 6.16 Å². The minimum atomic E-state index is -0.872. The lowest BCUT2D eigenvalue weighted by Crippen LogP contribution is -2.32. The van der Waals surface area contributed by atoms with Crippen molar-refractivity contribution in [3.05, 3.63) is 5.21 Å². The van der Waals surface area contributed by atoms with E-state index in [1.54, 1.807) is 6.92 Å². The number of hydrogen-bond donors (Lipinski definition) is 1. The van der Waals surface area contributed by atoms with Crippen LogP contribution in [0.25, 0.3) is 0 Å². The van der Waals surface area contributed by atoms with Crippen LogP contribution in [-0.2, 0) is 14.3 Å². The van der Waals surface area contributed by atoms with Gasteiger partial charge in [0, 0.05) is 0 Å². The van der Waals surface area contributed by atoms with E-state index in [2.05, 4.69) is 25.0 Å². The van der Waals surface area contributed by atoms with Crippen LogP contribution in [0, 0.1) is 10.6 Å². The van der Waals surface area contributed by atoms with Gasteiger partial charge in [0.05, 0.1) is 18.1 Å². The zero-order valence-electron chi connectivity index (χ0n) is 10.6. The molecular formula is C9H19N3O5. The Balaban J connectivity index is 3.67. The van der Waals surface area contributed by atoms with E-state index in [0.29, 0.717) is 6.54 Å². The number of hydrogen-bond acceptors (Lipinski definition) is 6. The number of nitrogens with one attached hydrogen (secondary N) is 1. The summed E-state index contributed by atoms with van der Waals surface area (Å²) in [5.41, 5.74) is 2.39. The van der Waals surface area contributed by atoms with E-state index >= 15 is 0 Å². The maximum Gasteiger partial charge on any atom is 0.511 e. The number of carbonyl (C=O) groups is 1. The molecule has 0 atom stereocenters. The summed E-state index contributed by atoms with van der Waals surface area (Å²) in [6.07, 6.45) is -0.872. The first kappa shape index (κ1) is 15.3. The topological polar surface area (TPSA) is 95.2 Å². The second-order valence-electron chi connectivity index (χ2n) is 4.32. The van der Waals surface area contributed by atoms with Gasteiger partial charge in [-0.25, -0.2) is 4.79 Å².